The number of benzene rings is 1. The van der Waals surface area contributed by atoms with Crippen molar-refractivity contribution in [1.82, 2.24) is 15.0 Å². The molecule has 1 N–H and O–H groups in total. The number of fused-ring (bicyclic) bond motifs is 1. The van der Waals surface area contributed by atoms with Crippen molar-refractivity contribution >= 4 is 5.82 Å². The van der Waals surface area contributed by atoms with Gasteiger partial charge in [0.2, 0.25) is 0 Å². The van der Waals surface area contributed by atoms with Crippen LogP contribution >= 0.6 is 0 Å². The van der Waals surface area contributed by atoms with E-state index in [4.69, 9.17) is 9.72 Å². The highest BCUT2D eigenvalue weighted by atomic mass is 19.1. The highest BCUT2D eigenvalue weighted by molar-refractivity contribution is 5.88. The third-order valence-corrected chi connectivity index (χ3v) is 5.41. The molecule has 1 aromatic carbocycles. The molecule has 0 spiro atoms. The molecule has 2 aliphatic heterocycles. The van der Waals surface area contributed by atoms with Gasteiger partial charge in [-0.15, -0.1) is 0 Å². The molecule has 8 heteroatoms. The minimum Gasteiger partial charge on any atom is -0.375 e. The van der Waals surface area contributed by atoms with Crippen molar-refractivity contribution in [2.75, 3.05) is 24.6 Å². The number of imidazole rings is 1. The Morgan fingerprint density at radius 2 is 2.07 bits per heavy atom. The van der Waals surface area contributed by atoms with Crippen LogP contribution in [0.5, 0.6) is 0 Å². The van der Waals surface area contributed by atoms with E-state index in [0.29, 0.717) is 55.4 Å². The quantitative estimate of drug-likeness (QED) is 0.721. The summed E-state index contributed by atoms with van der Waals surface area (Å²) in [5.41, 5.74) is 2.86. The van der Waals surface area contributed by atoms with E-state index in [1.807, 2.05) is 4.90 Å². The number of nitrogens with zero attached hydrogens (tertiary/aromatic N) is 3. The number of hydrogen-bond donors (Lipinski definition) is 1. The van der Waals surface area contributed by atoms with Crippen LogP contribution in [0.4, 0.5) is 19.0 Å². The van der Waals surface area contributed by atoms with Crippen molar-refractivity contribution in [3.63, 3.8) is 0 Å². The zero-order chi connectivity index (χ0) is 20.0. The minimum absolute atomic E-state index is 0.116. The minimum atomic E-state index is -0.947. The van der Waals surface area contributed by atoms with Crippen molar-refractivity contribution in [2.24, 2.45) is 0 Å². The van der Waals surface area contributed by atoms with Crippen LogP contribution in [0.3, 0.4) is 0 Å². The first kappa shape index (κ1) is 18.2. The lowest BCUT2D eigenvalue weighted by Gasteiger charge is -2.21. The van der Waals surface area contributed by atoms with Crippen LogP contribution in [0.1, 0.15) is 17.8 Å². The molecule has 29 heavy (non-hydrogen) atoms. The Bertz CT molecular complexity index is 1040. The van der Waals surface area contributed by atoms with E-state index in [1.165, 1.54) is 6.20 Å². The van der Waals surface area contributed by atoms with E-state index in [-0.39, 0.29) is 12.1 Å². The summed E-state index contributed by atoms with van der Waals surface area (Å²) in [6.45, 7) is 1.70. The normalized spacial score (nSPS) is 18.9. The third-order valence-electron chi connectivity index (χ3n) is 5.41. The summed E-state index contributed by atoms with van der Waals surface area (Å²) in [6, 6.07) is 4.98. The largest absolute Gasteiger partial charge is 0.375 e. The van der Waals surface area contributed by atoms with Crippen LogP contribution in [-0.2, 0) is 17.8 Å². The molecule has 0 bridgehead atoms. The zero-order valence-electron chi connectivity index (χ0n) is 15.6. The number of hydrogen-bond acceptors (Lipinski definition) is 4. The molecule has 3 aromatic rings. The number of halogens is 3. The predicted octanol–water partition coefficient (Wildman–Crippen LogP) is 4.04. The molecule has 0 amide bonds. The second-order valence-corrected chi connectivity index (χ2v) is 7.33. The number of ether oxygens (including phenoxy) is 1. The van der Waals surface area contributed by atoms with Crippen molar-refractivity contribution in [3.05, 3.63) is 53.5 Å². The Hall–Kier alpha value is -2.87. The molecule has 0 saturated carbocycles. The molecule has 5 rings (SSSR count). The van der Waals surface area contributed by atoms with Gasteiger partial charge in [-0.2, -0.15) is 0 Å². The van der Waals surface area contributed by atoms with E-state index in [1.54, 1.807) is 6.07 Å². The number of pyridine rings is 1. The summed E-state index contributed by atoms with van der Waals surface area (Å²) < 4.78 is 47.9. The van der Waals surface area contributed by atoms with Gasteiger partial charge in [0, 0.05) is 30.3 Å². The molecule has 2 aliphatic rings. The smallest absolute Gasteiger partial charge is 0.142 e. The van der Waals surface area contributed by atoms with Crippen LogP contribution < -0.4 is 4.90 Å². The number of H-pyrrole nitrogens is 1. The average molecular weight is 400 g/mol. The second kappa shape index (κ2) is 7.18. The number of aromatic nitrogens is 3. The van der Waals surface area contributed by atoms with Gasteiger partial charge in [-0.1, -0.05) is 0 Å². The van der Waals surface area contributed by atoms with E-state index in [9.17, 15) is 13.2 Å². The van der Waals surface area contributed by atoms with Crippen molar-refractivity contribution in [3.8, 4) is 22.5 Å². The lowest BCUT2D eigenvalue weighted by molar-refractivity contribution is 0.107. The van der Waals surface area contributed by atoms with Gasteiger partial charge in [0.15, 0.2) is 0 Å². The molecular weight excluding hydrogens is 381 g/mol. The number of nitrogens with one attached hydrogen (secondary N) is 1. The summed E-state index contributed by atoms with van der Waals surface area (Å²) >= 11 is 0. The SMILES string of the molecule is Fc1ccc(F)c(-c2ccnc(N3CC[C@H](F)C3)c2-c2nc3c([nH]2)COCC3)c1. The molecule has 4 heterocycles. The molecule has 0 radical (unpaired) electrons. The van der Waals surface area contributed by atoms with Crippen LogP contribution in [0.25, 0.3) is 22.5 Å². The Morgan fingerprint density at radius 1 is 1.17 bits per heavy atom. The fourth-order valence-electron chi connectivity index (χ4n) is 4.00. The van der Waals surface area contributed by atoms with Crippen molar-refractivity contribution in [2.45, 2.75) is 25.6 Å². The summed E-state index contributed by atoms with van der Waals surface area (Å²) in [7, 11) is 0. The highest BCUT2D eigenvalue weighted by Gasteiger charge is 2.29. The monoisotopic (exact) mass is 400 g/mol. The van der Waals surface area contributed by atoms with E-state index in [0.717, 1.165) is 29.6 Å². The van der Waals surface area contributed by atoms with Crippen LogP contribution in [0.2, 0.25) is 0 Å². The van der Waals surface area contributed by atoms with Gasteiger partial charge in [-0.05, 0) is 30.7 Å². The van der Waals surface area contributed by atoms with Gasteiger partial charge >= 0.3 is 0 Å². The maximum absolute atomic E-state index is 14.6. The molecule has 2 aromatic heterocycles. The standard InChI is InChI=1S/C21H19F3N4O/c22-12-1-2-16(24)15(9-12)14-3-6-25-21(28-7-4-13(23)10-28)19(14)20-26-17-5-8-29-11-18(17)27-20/h1-3,6,9,13H,4-5,7-8,10-11H2,(H,26,27)/t13-/m0/s1. The summed E-state index contributed by atoms with van der Waals surface area (Å²) in [6.07, 6.45) is 1.66. The van der Waals surface area contributed by atoms with Crippen molar-refractivity contribution in [1.29, 1.82) is 0 Å². The predicted molar refractivity (Wildman–Crippen MR) is 102 cm³/mol. The van der Waals surface area contributed by atoms with Gasteiger partial charge in [-0.3, -0.25) is 0 Å². The molecule has 0 aliphatic carbocycles. The fourth-order valence-corrected chi connectivity index (χ4v) is 4.00. The Labute approximate surface area is 165 Å². The number of alkyl halides is 1. The highest BCUT2D eigenvalue weighted by Crippen LogP contribution is 2.40. The molecule has 1 fully saturated rings. The Kier molecular flexibility index (Phi) is 4.50. The summed E-state index contributed by atoms with van der Waals surface area (Å²) in [4.78, 5) is 14.3. The van der Waals surface area contributed by atoms with Crippen LogP contribution in [0, 0.1) is 11.6 Å². The first-order valence-electron chi connectivity index (χ1n) is 9.59. The number of anilines is 1. The number of aromatic amines is 1. The first-order chi connectivity index (χ1) is 14.1. The number of rotatable bonds is 3. The summed E-state index contributed by atoms with van der Waals surface area (Å²) in [5.74, 6) is -0.0695. The first-order valence-corrected chi connectivity index (χ1v) is 9.59. The molecule has 1 atom stereocenters. The topological polar surface area (TPSA) is 54.0 Å². The fraction of sp³-hybridized carbons (Fsp3) is 0.333. The molecule has 0 unspecified atom stereocenters. The van der Waals surface area contributed by atoms with Gasteiger partial charge in [0.25, 0.3) is 0 Å². The Morgan fingerprint density at radius 3 is 2.86 bits per heavy atom. The summed E-state index contributed by atoms with van der Waals surface area (Å²) in [5, 5.41) is 0. The van der Waals surface area contributed by atoms with Gasteiger partial charge in [0.1, 0.15) is 29.4 Å². The van der Waals surface area contributed by atoms with Gasteiger partial charge in [0.05, 0.1) is 36.7 Å². The molecule has 5 nitrogen and oxygen atoms in total. The maximum Gasteiger partial charge on any atom is 0.142 e. The van der Waals surface area contributed by atoms with Gasteiger partial charge in [-0.25, -0.2) is 23.1 Å². The second-order valence-electron chi connectivity index (χ2n) is 7.33. The van der Waals surface area contributed by atoms with Crippen LogP contribution in [-0.4, -0.2) is 40.8 Å². The molecular formula is C21H19F3N4O. The lowest BCUT2D eigenvalue weighted by Crippen LogP contribution is -2.22. The average Bonchev–Trinajstić information content (AvgIpc) is 3.35. The van der Waals surface area contributed by atoms with Crippen LogP contribution in [0.15, 0.2) is 30.5 Å². The van der Waals surface area contributed by atoms with Crippen molar-refractivity contribution < 1.29 is 17.9 Å². The molecule has 150 valence electrons. The Balaban J connectivity index is 1.73. The lowest BCUT2D eigenvalue weighted by atomic mass is 9.99. The zero-order valence-corrected chi connectivity index (χ0v) is 15.6. The maximum atomic E-state index is 14.6. The van der Waals surface area contributed by atoms with E-state index in [2.05, 4.69) is 9.97 Å². The van der Waals surface area contributed by atoms with E-state index >= 15 is 0 Å². The third kappa shape index (κ3) is 3.27. The molecule has 1 saturated heterocycles. The van der Waals surface area contributed by atoms with E-state index < -0.39 is 17.8 Å². The van der Waals surface area contributed by atoms with Gasteiger partial charge < -0.3 is 14.6 Å².